The maximum atomic E-state index is 12.1. The van der Waals surface area contributed by atoms with E-state index in [1.165, 1.54) is 11.1 Å². The number of rotatable bonds is 7. The van der Waals surface area contributed by atoms with Crippen LogP contribution in [0.5, 0.6) is 0 Å². The zero-order valence-electron chi connectivity index (χ0n) is 10.8. The van der Waals surface area contributed by atoms with Crippen molar-refractivity contribution >= 4 is 29.2 Å². The molecule has 0 unspecified atom stereocenters. The number of nitrogens with zero attached hydrogens (tertiary/aromatic N) is 2. The molecule has 0 radical (unpaired) electrons. The third kappa shape index (κ3) is 4.87. The highest BCUT2D eigenvalue weighted by Gasteiger charge is 2.19. The van der Waals surface area contributed by atoms with Gasteiger partial charge in [0, 0.05) is 19.2 Å². The molecule has 0 saturated carbocycles. The molecule has 0 aliphatic carbocycles. The molecule has 0 saturated heterocycles. The van der Waals surface area contributed by atoms with Crippen LogP contribution in [-0.2, 0) is 9.59 Å². The monoisotopic (exact) mass is 284 g/mol. The van der Waals surface area contributed by atoms with Gasteiger partial charge in [0.25, 0.3) is 0 Å². The lowest BCUT2D eigenvalue weighted by atomic mass is 10.2. The van der Waals surface area contributed by atoms with E-state index in [1.807, 2.05) is 6.92 Å². The predicted molar refractivity (Wildman–Crippen MR) is 73.4 cm³/mol. The maximum absolute atomic E-state index is 12.1. The summed E-state index contributed by atoms with van der Waals surface area (Å²) in [6.45, 7) is 2.09. The highest BCUT2D eigenvalue weighted by Crippen LogP contribution is 2.24. The molecule has 6 heteroatoms. The van der Waals surface area contributed by atoms with E-state index in [1.54, 1.807) is 12.1 Å². The zero-order chi connectivity index (χ0) is 14.3. The third-order valence-electron chi connectivity index (χ3n) is 2.62. The van der Waals surface area contributed by atoms with Gasteiger partial charge in [0.15, 0.2) is 5.15 Å². The molecule has 1 N–H and O–H groups in total. The van der Waals surface area contributed by atoms with Crippen molar-refractivity contribution in [3.05, 3.63) is 23.5 Å². The number of halogens is 1. The quantitative estimate of drug-likeness (QED) is 0.782. The summed E-state index contributed by atoms with van der Waals surface area (Å²) in [5, 5.41) is 8.96. The average Bonchev–Trinajstić information content (AvgIpc) is 2.38. The Morgan fingerprint density at radius 1 is 1.42 bits per heavy atom. The molecule has 1 aromatic heterocycles. The SMILES string of the molecule is CCCCC(=O)N(CCC(=O)O)c1cccnc1Cl. The fraction of sp³-hybridized carbons (Fsp3) is 0.462. The number of carbonyl (C=O) groups is 2. The number of carboxylic acids is 1. The first-order valence-electron chi connectivity index (χ1n) is 6.19. The Bertz CT molecular complexity index is 451. The Labute approximate surface area is 117 Å². The number of pyridine rings is 1. The number of aliphatic carboxylic acids is 1. The Balaban J connectivity index is 2.88. The average molecular weight is 285 g/mol. The van der Waals surface area contributed by atoms with Crippen molar-refractivity contribution in [2.75, 3.05) is 11.4 Å². The smallest absolute Gasteiger partial charge is 0.305 e. The van der Waals surface area contributed by atoms with Crippen LogP contribution in [0.2, 0.25) is 5.15 Å². The molecule has 0 aromatic carbocycles. The summed E-state index contributed by atoms with van der Waals surface area (Å²) in [4.78, 5) is 28.1. The van der Waals surface area contributed by atoms with E-state index in [0.717, 1.165) is 12.8 Å². The summed E-state index contributed by atoms with van der Waals surface area (Å²) in [5.41, 5.74) is 0.464. The van der Waals surface area contributed by atoms with Crippen molar-refractivity contribution in [3.8, 4) is 0 Å². The molecule has 19 heavy (non-hydrogen) atoms. The molecular formula is C13H17ClN2O3. The van der Waals surface area contributed by atoms with Gasteiger partial charge in [-0.25, -0.2) is 4.98 Å². The summed E-state index contributed by atoms with van der Waals surface area (Å²) in [7, 11) is 0. The predicted octanol–water partition coefficient (Wildman–Crippen LogP) is 2.73. The molecule has 1 heterocycles. The van der Waals surface area contributed by atoms with Gasteiger partial charge in [-0.2, -0.15) is 0 Å². The molecule has 1 amide bonds. The van der Waals surface area contributed by atoms with Gasteiger partial charge in [0.1, 0.15) is 0 Å². The number of amides is 1. The van der Waals surface area contributed by atoms with E-state index in [0.29, 0.717) is 12.1 Å². The number of hydrogen-bond donors (Lipinski definition) is 1. The van der Waals surface area contributed by atoms with E-state index in [2.05, 4.69) is 4.98 Å². The second-order valence-electron chi connectivity index (χ2n) is 4.11. The third-order valence-corrected chi connectivity index (χ3v) is 2.92. The Morgan fingerprint density at radius 2 is 2.16 bits per heavy atom. The molecule has 0 aliphatic rings. The van der Waals surface area contributed by atoms with Crippen LogP contribution in [-0.4, -0.2) is 28.5 Å². The minimum absolute atomic E-state index is 0.100. The standard InChI is InChI=1S/C13H17ClN2O3/c1-2-3-6-11(17)16(9-7-12(18)19)10-5-4-8-15-13(10)14/h4-5,8H,2-3,6-7,9H2,1H3,(H,18,19). The van der Waals surface area contributed by atoms with E-state index < -0.39 is 5.97 Å². The van der Waals surface area contributed by atoms with Crippen LogP contribution in [0.25, 0.3) is 0 Å². The molecule has 1 aromatic rings. The highest BCUT2D eigenvalue weighted by atomic mass is 35.5. The van der Waals surface area contributed by atoms with E-state index >= 15 is 0 Å². The number of carboxylic acid groups (broad SMARTS) is 1. The molecule has 0 bridgehead atoms. The Morgan fingerprint density at radius 3 is 2.74 bits per heavy atom. The summed E-state index contributed by atoms with van der Waals surface area (Å²) in [5.74, 6) is -1.08. The van der Waals surface area contributed by atoms with E-state index in [4.69, 9.17) is 16.7 Å². The summed E-state index contributed by atoms with van der Waals surface area (Å²) < 4.78 is 0. The lowest BCUT2D eigenvalue weighted by Gasteiger charge is -2.22. The molecule has 0 fully saturated rings. The second-order valence-corrected chi connectivity index (χ2v) is 4.46. The molecule has 5 nitrogen and oxygen atoms in total. The second kappa shape index (κ2) is 7.74. The van der Waals surface area contributed by atoms with Crippen LogP contribution < -0.4 is 4.90 Å². The van der Waals surface area contributed by atoms with Gasteiger partial charge >= 0.3 is 5.97 Å². The van der Waals surface area contributed by atoms with Crippen LogP contribution in [0, 0.1) is 0 Å². The maximum Gasteiger partial charge on any atom is 0.305 e. The van der Waals surface area contributed by atoms with Gasteiger partial charge in [-0.3, -0.25) is 9.59 Å². The lowest BCUT2D eigenvalue weighted by Crippen LogP contribution is -2.33. The first kappa shape index (κ1) is 15.4. The number of aromatic nitrogens is 1. The molecule has 1 rings (SSSR count). The van der Waals surface area contributed by atoms with E-state index in [-0.39, 0.29) is 24.0 Å². The van der Waals surface area contributed by atoms with Crippen LogP contribution in [0.4, 0.5) is 5.69 Å². The van der Waals surface area contributed by atoms with E-state index in [9.17, 15) is 9.59 Å². The van der Waals surface area contributed by atoms with Crippen molar-refractivity contribution in [2.45, 2.75) is 32.6 Å². The van der Waals surface area contributed by atoms with Crippen LogP contribution in [0.1, 0.15) is 32.6 Å². The summed E-state index contributed by atoms with van der Waals surface area (Å²) in [6, 6.07) is 3.34. The molecular weight excluding hydrogens is 268 g/mol. The number of unbranched alkanes of at least 4 members (excludes halogenated alkanes) is 1. The first-order chi connectivity index (χ1) is 9.06. The number of anilines is 1. The topological polar surface area (TPSA) is 70.5 Å². The Kier molecular flexibility index (Phi) is 6.29. The summed E-state index contributed by atoms with van der Waals surface area (Å²) in [6.07, 6.45) is 3.45. The van der Waals surface area contributed by atoms with Crippen LogP contribution >= 0.6 is 11.6 Å². The van der Waals surface area contributed by atoms with Gasteiger partial charge < -0.3 is 10.0 Å². The molecule has 0 atom stereocenters. The largest absolute Gasteiger partial charge is 0.481 e. The normalized spacial score (nSPS) is 10.2. The number of carbonyl (C=O) groups excluding carboxylic acids is 1. The van der Waals surface area contributed by atoms with Gasteiger partial charge in [-0.05, 0) is 18.6 Å². The fourth-order valence-corrected chi connectivity index (χ4v) is 1.85. The van der Waals surface area contributed by atoms with Crippen LogP contribution in [0.3, 0.4) is 0 Å². The minimum atomic E-state index is -0.951. The summed E-state index contributed by atoms with van der Waals surface area (Å²) >= 11 is 5.96. The highest BCUT2D eigenvalue weighted by molar-refractivity contribution is 6.32. The minimum Gasteiger partial charge on any atom is -0.481 e. The van der Waals surface area contributed by atoms with Gasteiger partial charge in [-0.1, -0.05) is 24.9 Å². The molecule has 0 spiro atoms. The van der Waals surface area contributed by atoms with Crippen molar-refractivity contribution in [2.24, 2.45) is 0 Å². The Hall–Kier alpha value is -1.62. The van der Waals surface area contributed by atoms with Crippen molar-refractivity contribution < 1.29 is 14.7 Å². The molecule has 104 valence electrons. The number of hydrogen-bond acceptors (Lipinski definition) is 3. The van der Waals surface area contributed by atoms with Crippen molar-refractivity contribution in [1.82, 2.24) is 4.98 Å². The molecule has 0 aliphatic heterocycles. The lowest BCUT2D eigenvalue weighted by molar-refractivity contribution is -0.136. The first-order valence-corrected chi connectivity index (χ1v) is 6.56. The van der Waals surface area contributed by atoms with Gasteiger partial charge in [0.2, 0.25) is 5.91 Å². The zero-order valence-corrected chi connectivity index (χ0v) is 11.6. The van der Waals surface area contributed by atoms with Crippen LogP contribution in [0.15, 0.2) is 18.3 Å². The van der Waals surface area contributed by atoms with Gasteiger partial charge in [0.05, 0.1) is 12.1 Å². The van der Waals surface area contributed by atoms with Crippen molar-refractivity contribution in [1.29, 1.82) is 0 Å². The fourth-order valence-electron chi connectivity index (χ4n) is 1.63. The van der Waals surface area contributed by atoms with Gasteiger partial charge in [-0.15, -0.1) is 0 Å². The van der Waals surface area contributed by atoms with Crippen molar-refractivity contribution in [3.63, 3.8) is 0 Å².